The normalized spacial score (nSPS) is 31.0. The molecule has 0 aromatic carbocycles. The fraction of sp³-hybridized carbons (Fsp3) is 0.615. The number of aromatic nitrogens is 1. The van der Waals surface area contributed by atoms with Crippen molar-refractivity contribution in [3.8, 4) is 0 Å². The van der Waals surface area contributed by atoms with Gasteiger partial charge < -0.3 is 5.32 Å². The Morgan fingerprint density at radius 3 is 3.19 bits per heavy atom. The third kappa shape index (κ3) is 1.85. The highest BCUT2D eigenvalue weighted by Gasteiger charge is 2.33. The molecule has 3 heteroatoms. The second kappa shape index (κ2) is 4.52. The number of hydrogen-bond acceptors (Lipinski definition) is 3. The molecular formula is C13H19N3. The highest BCUT2D eigenvalue weighted by atomic mass is 15.2. The Bertz CT molecular complexity index is 338. The zero-order chi connectivity index (χ0) is 10.8. The van der Waals surface area contributed by atoms with Crippen LogP contribution in [0.25, 0.3) is 0 Å². The zero-order valence-corrected chi connectivity index (χ0v) is 9.60. The molecule has 0 amide bonds. The molecule has 0 bridgehead atoms. The maximum absolute atomic E-state index is 4.52. The van der Waals surface area contributed by atoms with Crippen LogP contribution in [-0.4, -0.2) is 35.6 Å². The van der Waals surface area contributed by atoms with Crippen LogP contribution >= 0.6 is 0 Å². The van der Waals surface area contributed by atoms with E-state index in [4.69, 9.17) is 0 Å². The van der Waals surface area contributed by atoms with Crippen molar-refractivity contribution in [1.82, 2.24) is 15.2 Å². The van der Waals surface area contributed by atoms with Gasteiger partial charge in [0, 0.05) is 18.8 Å². The summed E-state index contributed by atoms with van der Waals surface area (Å²) in [5.41, 5.74) is 1.23. The quantitative estimate of drug-likeness (QED) is 0.774. The Kier molecular flexibility index (Phi) is 2.89. The Hall–Kier alpha value is -0.930. The van der Waals surface area contributed by atoms with E-state index < -0.39 is 0 Å². The molecule has 2 unspecified atom stereocenters. The summed E-state index contributed by atoms with van der Waals surface area (Å²) in [4.78, 5) is 7.18. The lowest BCUT2D eigenvalue weighted by Crippen LogP contribution is -2.35. The van der Waals surface area contributed by atoms with Gasteiger partial charge in [0.1, 0.15) is 0 Å². The molecule has 1 N–H and O–H groups in total. The van der Waals surface area contributed by atoms with E-state index in [1.807, 2.05) is 12.3 Å². The first kappa shape index (κ1) is 10.2. The maximum Gasteiger partial charge on any atom is 0.0649 e. The molecule has 2 saturated heterocycles. The third-order valence-electron chi connectivity index (χ3n) is 3.84. The van der Waals surface area contributed by atoms with E-state index in [1.54, 1.807) is 0 Å². The predicted octanol–water partition coefficient (Wildman–Crippen LogP) is 1.58. The monoisotopic (exact) mass is 217 g/mol. The maximum atomic E-state index is 4.52. The molecule has 0 saturated carbocycles. The van der Waals surface area contributed by atoms with Gasteiger partial charge in [0.25, 0.3) is 0 Å². The van der Waals surface area contributed by atoms with E-state index in [9.17, 15) is 0 Å². The molecule has 0 spiro atoms. The largest absolute Gasteiger partial charge is 0.315 e. The van der Waals surface area contributed by atoms with Gasteiger partial charge in [-0.15, -0.1) is 0 Å². The Balaban J connectivity index is 1.87. The molecule has 3 nitrogen and oxygen atoms in total. The summed E-state index contributed by atoms with van der Waals surface area (Å²) in [6.45, 7) is 3.45. The molecular weight excluding hydrogens is 198 g/mol. The van der Waals surface area contributed by atoms with Crippen LogP contribution in [0, 0.1) is 0 Å². The molecule has 2 atom stereocenters. The van der Waals surface area contributed by atoms with Gasteiger partial charge >= 0.3 is 0 Å². The standard InChI is InChI=1S/C13H19N3/c1-2-7-15-12(5-1)13-10-14-8-6-11-4-3-9-16(11)13/h1-2,5,7,11,13-14H,3-4,6,8-10H2. The van der Waals surface area contributed by atoms with Crippen molar-refractivity contribution >= 4 is 0 Å². The smallest absolute Gasteiger partial charge is 0.0649 e. The van der Waals surface area contributed by atoms with Crippen LogP contribution in [0.15, 0.2) is 24.4 Å². The molecule has 0 radical (unpaired) electrons. The van der Waals surface area contributed by atoms with Crippen LogP contribution in [-0.2, 0) is 0 Å². The van der Waals surface area contributed by atoms with Gasteiger partial charge in [-0.1, -0.05) is 6.07 Å². The van der Waals surface area contributed by atoms with Crippen molar-refractivity contribution in [2.24, 2.45) is 0 Å². The van der Waals surface area contributed by atoms with Crippen LogP contribution in [0.1, 0.15) is 31.0 Å². The zero-order valence-electron chi connectivity index (χ0n) is 9.60. The molecule has 3 heterocycles. The number of nitrogens with zero attached hydrogens (tertiary/aromatic N) is 2. The molecule has 2 aliphatic heterocycles. The number of hydrogen-bond donors (Lipinski definition) is 1. The minimum atomic E-state index is 0.483. The summed E-state index contributed by atoms with van der Waals surface area (Å²) in [5.74, 6) is 0. The van der Waals surface area contributed by atoms with E-state index in [2.05, 4.69) is 27.3 Å². The van der Waals surface area contributed by atoms with Gasteiger partial charge in [-0.3, -0.25) is 9.88 Å². The van der Waals surface area contributed by atoms with Crippen molar-refractivity contribution in [1.29, 1.82) is 0 Å². The van der Waals surface area contributed by atoms with Gasteiger partial charge in [-0.05, 0) is 44.5 Å². The van der Waals surface area contributed by atoms with Crippen molar-refractivity contribution in [3.63, 3.8) is 0 Å². The molecule has 3 rings (SSSR count). The Morgan fingerprint density at radius 2 is 2.31 bits per heavy atom. The topological polar surface area (TPSA) is 28.2 Å². The van der Waals surface area contributed by atoms with Crippen LogP contribution in [0.5, 0.6) is 0 Å². The highest BCUT2D eigenvalue weighted by molar-refractivity contribution is 5.11. The summed E-state index contributed by atoms with van der Waals surface area (Å²) in [6, 6.07) is 7.51. The van der Waals surface area contributed by atoms with E-state index >= 15 is 0 Å². The number of rotatable bonds is 1. The summed E-state index contributed by atoms with van der Waals surface area (Å²) in [7, 11) is 0. The first-order valence-electron chi connectivity index (χ1n) is 6.32. The van der Waals surface area contributed by atoms with Gasteiger partial charge in [0.05, 0.1) is 11.7 Å². The average Bonchev–Trinajstić information content (AvgIpc) is 2.70. The Labute approximate surface area is 96.9 Å². The molecule has 1 aromatic heterocycles. The van der Waals surface area contributed by atoms with Gasteiger partial charge in [-0.25, -0.2) is 0 Å². The number of fused-ring (bicyclic) bond motifs is 1. The van der Waals surface area contributed by atoms with Crippen molar-refractivity contribution in [3.05, 3.63) is 30.1 Å². The van der Waals surface area contributed by atoms with Crippen LogP contribution in [0.2, 0.25) is 0 Å². The lowest BCUT2D eigenvalue weighted by atomic mass is 10.1. The molecule has 0 aliphatic carbocycles. The number of pyridine rings is 1. The summed E-state index contributed by atoms with van der Waals surface area (Å²) in [5, 5.41) is 3.54. The molecule has 2 fully saturated rings. The summed E-state index contributed by atoms with van der Waals surface area (Å²) >= 11 is 0. The second-order valence-electron chi connectivity index (χ2n) is 4.80. The third-order valence-corrected chi connectivity index (χ3v) is 3.84. The van der Waals surface area contributed by atoms with Gasteiger partial charge in [0.15, 0.2) is 0 Å². The molecule has 1 aromatic rings. The van der Waals surface area contributed by atoms with Gasteiger partial charge in [-0.2, -0.15) is 0 Å². The van der Waals surface area contributed by atoms with Crippen molar-refractivity contribution < 1.29 is 0 Å². The van der Waals surface area contributed by atoms with Crippen LogP contribution < -0.4 is 5.32 Å². The molecule has 86 valence electrons. The van der Waals surface area contributed by atoms with Crippen LogP contribution in [0.4, 0.5) is 0 Å². The first-order chi connectivity index (χ1) is 7.95. The fourth-order valence-corrected chi connectivity index (χ4v) is 3.05. The molecule has 16 heavy (non-hydrogen) atoms. The minimum Gasteiger partial charge on any atom is -0.315 e. The molecule has 2 aliphatic rings. The van der Waals surface area contributed by atoms with E-state index in [0.717, 1.165) is 19.1 Å². The fourth-order valence-electron chi connectivity index (χ4n) is 3.05. The summed E-state index contributed by atoms with van der Waals surface area (Å²) in [6.07, 6.45) is 5.92. The van der Waals surface area contributed by atoms with Crippen molar-refractivity contribution in [2.75, 3.05) is 19.6 Å². The minimum absolute atomic E-state index is 0.483. The van der Waals surface area contributed by atoms with Gasteiger partial charge in [0.2, 0.25) is 0 Å². The van der Waals surface area contributed by atoms with E-state index in [-0.39, 0.29) is 0 Å². The van der Waals surface area contributed by atoms with Crippen LogP contribution in [0.3, 0.4) is 0 Å². The number of nitrogens with one attached hydrogen (secondary N) is 1. The lowest BCUT2D eigenvalue weighted by Gasteiger charge is -2.29. The summed E-state index contributed by atoms with van der Waals surface area (Å²) < 4.78 is 0. The first-order valence-corrected chi connectivity index (χ1v) is 6.32. The Morgan fingerprint density at radius 1 is 1.31 bits per heavy atom. The van der Waals surface area contributed by atoms with E-state index in [1.165, 1.54) is 31.5 Å². The second-order valence-corrected chi connectivity index (χ2v) is 4.80. The average molecular weight is 217 g/mol. The lowest BCUT2D eigenvalue weighted by molar-refractivity contribution is 0.188. The van der Waals surface area contributed by atoms with Crippen molar-refractivity contribution in [2.45, 2.75) is 31.3 Å². The SMILES string of the molecule is c1ccc(C2CNCCC3CCCN32)nc1. The van der Waals surface area contributed by atoms with E-state index in [0.29, 0.717) is 6.04 Å². The highest BCUT2D eigenvalue weighted by Crippen LogP contribution is 2.31. The predicted molar refractivity (Wildman–Crippen MR) is 64.2 cm³/mol.